The van der Waals surface area contributed by atoms with Gasteiger partial charge in [-0.1, -0.05) is 12.1 Å². The molecule has 1 aliphatic carbocycles. The summed E-state index contributed by atoms with van der Waals surface area (Å²) in [5.41, 5.74) is 1.05. The molecule has 0 bridgehead atoms. The Morgan fingerprint density at radius 2 is 2.00 bits per heavy atom. The van der Waals surface area contributed by atoms with Gasteiger partial charge >= 0.3 is 0 Å². The highest BCUT2D eigenvalue weighted by Gasteiger charge is 2.49. The van der Waals surface area contributed by atoms with Crippen LogP contribution in [0.3, 0.4) is 0 Å². The van der Waals surface area contributed by atoms with E-state index >= 15 is 0 Å². The van der Waals surface area contributed by atoms with Crippen molar-refractivity contribution in [1.29, 1.82) is 0 Å². The van der Waals surface area contributed by atoms with Crippen molar-refractivity contribution >= 4 is 5.91 Å². The molecule has 2 heterocycles. The third-order valence-corrected chi connectivity index (χ3v) is 5.02. The molecule has 4 rings (SSSR count). The Morgan fingerprint density at radius 3 is 2.65 bits per heavy atom. The summed E-state index contributed by atoms with van der Waals surface area (Å²) in [7, 11) is 1.64. The summed E-state index contributed by atoms with van der Waals surface area (Å²) in [5, 5.41) is 11.3. The Bertz CT molecular complexity index is 730. The lowest BCUT2D eigenvalue weighted by molar-refractivity contribution is -0.156. The van der Waals surface area contributed by atoms with Gasteiger partial charge < -0.3 is 14.4 Å². The zero-order chi connectivity index (χ0) is 17.9. The molecule has 2 aliphatic rings. The Balaban J connectivity index is 1.43. The topological polar surface area (TPSA) is 82.4 Å². The van der Waals surface area contributed by atoms with E-state index in [4.69, 9.17) is 9.47 Å². The van der Waals surface area contributed by atoms with Crippen molar-refractivity contribution in [3.8, 4) is 5.75 Å². The molecule has 1 aliphatic heterocycles. The fourth-order valence-electron chi connectivity index (χ4n) is 3.37. The molecule has 0 N–H and O–H groups in total. The fraction of sp³-hybridized carbons (Fsp3) is 0.556. The van der Waals surface area contributed by atoms with Crippen LogP contribution in [-0.2, 0) is 9.53 Å². The van der Waals surface area contributed by atoms with E-state index in [0.29, 0.717) is 13.2 Å². The van der Waals surface area contributed by atoms with Gasteiger partial charge in [0.05, 0.1) is 13.2 Å². The first kappa shape index (κ1) is 17.0. The van der Waals surface area contributed by atoms with Crippen LogP contribution in [0.5, 0.6) is 5.75 Å². The number of likely N-dealkylation sites (tertiary alicyclic amines) is 1. The number of amides is 1. The Labute approximate surface area is 152 Å². The Kier molecular flexibility index (Phi) is 4.83. The molecule has 26 heavy (non-hydrogen) atoms. The second-order valence-electron chi connectivity index (χ2n) is 6.86. The molecule has 2 aromatic rings. The minimum absolute atomic E-state index is 0.0420. The van der Waals surface area contributed by atoms with Crippen LogP contribution >= 0.6 is 0 Å². The number of rotatable bonds is 9. The van der Waals surface area contributed by atoms with E-state index in [0.717, 1.165) is 30.3 Å². The Morgan fingerprint density at radius 1 is 1.19 bits per heavy atom. The molecule has 2 fully saturated rings. The first-order chi connectivity index (χ1) is 12.8. The highest BCUT2D eigenvalue weighted by atomic mass is 16.5. The van der Waals surface area contributed by atoms with Crippen LogP contribution in [0.1, 0.15) is 36.9 Å². The van der Waals surface area contributed by atoms with Crippen molar-refractivity contribution in [2.75, 3.05) is 26.9 Å². The van der Waals surface area contributed by atoms with Crippen molar-refractivity contribution < 1.29 is 14.3 Å². The van der Waals surface area contributed by atoms with Crippen LogP contribution in [0.15, 0.2) is 30.6 Å². The zero-order valence-electron chi connectivity index (χ0n) is 14.8. The maximum atomic E-state index is 12.7. The average Bonchev–Trinajstić information content (AvgIpc) is 3.35. The predicted octanol–water partition coefficient (Wildman–Crippen LogP) is 1.62. The van der Waals surface area contributed by atoms with E-state index in [2.05, 4.69) is 15.5 Å². The number of hydrogen-bond acceptors (Lipinski definition) is 6. The molecule has 2 unspecified atom stereocenters. The number of tetrazole rings is 1. The summed E-state index contributed by atoms with van der Waals surface area (Å²) in [5.74, 6) is 1.59. The lowest BCUT2D eigenvalue weighted by Gasteiger charge is -2.47. The van der Waals surface area contributed by atoms with Crippen LogP contribution in [0, 0.1) is 5.92 Å². The van der Waals surface area contributed by atoms with E-state index in [9.17, 15) is 4.79 Å². The van der Waals surface area contributed by atoms with Crippen molar-refractivity contribution in [2.45, 2.75) is 31.3 Å². The van der Waals surface area contributed by atoms with Gasteiger partial charge in [-0.3, -0.25) is 4.79 Å². The molecule has 1 saturated carbocycles. The number of benzene rings is 1. The molecule has 8 nitrogen and oxygen atoms in total. The van der Waals surface area contributed by atoms with Crippen LogP contribution in [0.2, 0.25) is 0 Å². The molecular formula is C18H23N5O3. The van der Waals surface area contributed by atoms with Crippen molar-refractivity contribution in [1.82, 2.24) is 25.1 Å². The Hall–Kier alpha value is -2.48. The fourth-order valence-corrected chi connectivity index (χ4v) is 3.37. The lowest BCUT2D eigenvalue weighted by Crippen LogP contribution is -2.56. The van der Waals surface area contributed by atoms with Gasteiger partial charge in [0.25, 0.3) is 5.91 Å². The van der Waals surface area contributed by atoms with Crippen molar-refractivity contribution in [3.63, 3.8) is 0 Å². The number of ether oxygens (including phenoxy) is 2. The molecule has 1 aromatic carbocycles. The molecule has 0 radical (unpaired) electrons. The van der Waals surface area contributed by atoms with E-state index in [1.807, 2.05) is 29.2 Å². The summed E-state index contributed by atoms with van der Waals surface area (Å²) < 4.78 is 12.5. The number of methoxy groups -OCH3 is 1. The summed E-state index contributed by atoms with van der Waals surface area (Å²) in [4.78, 5) is 14.6. The van der Waals surface area contributed by atoms with Gasteiger partial charge in [0.2, 0.25) is 0 Å². The molecule has 138 valence electrons. The van der Waals surface area contributed by atoms with Gasteiger partial charge in [0, 0.05) is 19.8 Å². The second kappa shape index (κ2) is 7.41. The quantitative estimate of drug-likeness (QED) is 0.501. The minimum Gasteiger partial charge on any atom is -0.497 e. The van der Waals surface area contributed by atoms with Gasteiger partial charge in [0.1, 0.15) is 12.1 Å². The summed E-state index contributed by atoms with van der Waals surface area (Å²) in [6.45, 7) is 2.20. The maximum absolute atomic E-state index is 12.7. The normalized spacial score (nSPS) is 22.3. The number of nitrogens with zero attached hydrogens (tertiary/aromatic N) is 5. The molecule has 1 saturated heterocycles. The monoisotopic (exact) mass is 357 g/mol. The number of aromatic nitrogens is 4. The van der Waals surface area contributed by atoms with E-state index in [1.165, 1.54) is 23.9 Å². The second-order valence-corrected chi connectivity index (χ2v) is 6.86. The summed E-state index contributed by atoms with van der Waals surface area (Å²) in [6, 6.07) is 7.32. The summed E-state index contributed by atoms with van der Waals surface area (Å²) >= 11 is 0. The third kappa shape index (κ3) is 3.41. The third-order valence-electron chi connectivity index (χ3n) is 5.02. The zero-order valence-corrected chi connectivity index (χ0v) is 14.8. The average molecular weight is 357 g/mol. The first-order valence-corrected chi connectivity index (χ1v) is 9.02. The standard InChI is InChI=1S/C18H23N5O3/c1-25-15-7-5-14(6-8-15)16-17(23-12-19-20-21-23)18(24)22(16)9-2-10-26-11-13-3-4-13/h5-8,12-13,16-17H,2-4,9-11H2,1H3. The SMILES string of the molecule is COc1ccc(C2C(n3cnnn3)C(=O)N2CCCOCC2CC2)cc1. The lowest BCUT2D eigenvalue weighted by atomic mass is 9.88. The number of carbonyl (C=O) groups excluding carboxylic acids is 1. The first-order valence-electron chi connectivity index (χ1n) is 9.02. The number of β-lactam (4-membered cyclic amide) rings is 1. The van der Waals surface area contributed by atoms with Gasteiger partial charge in [-0.05, 0) is 53.3 Å². The highest BCUT2D eigenvalue weighted by molar-refractivity contribution is 5.88. The highest BCUT2D eigenvalue weighted by Crippen LogP contribution is 2.43. The number of hydrogen-bond donors (Lipinski definition) is 0. The molecule has 1 aromatic heterocycles. The van der Waals surface area contributed by atoms with Crippen LogP contribution in [0.4, 0.5) is 0 Å². The van der Waals surface area contributed by atoms with Crippen LogP contribution in [-0.4, -0.2) is 57.9 Å². The van der Waals surface area contributed by atoms with E-state index in [1.54, 1.807) is 7.11 Å². The molecular weight excluding hydrogens is 334 g/mol. The van der Waals surface area contributed by atoms with Crippen molar-refractivity contribution in [2.24, 2.45) is 5.92 Å². The number of carbonyl (C=O) groups is 1. The van der Waals surface area contributed by atoms with Gasteiger partial charge in [-0.25, -0.2) is 4.68 Å². The van der Waals surface area contributed by atoms with Crippen LogP contribution in [0.25, 0.3) is 0 Å². The van der Waals surface area contributed by atoms with Gasteiger partial charge in [-0.15, -0.1) is 5.10 Å². The molecule has 1 amide bonds. The van der Waals surface area contributed by atoms with E-state index < -0.39 is 6.04 Å². The van der Waals surface area contributed by atoms with Crippen LogP contribution < -0.4 is 4.74 Å². The van der Waals surface area contributed by atoms with Crippen molar-refractivity contribution in [3.05, 3.63) is 36.2 Å². The minimum atomic E-state index is -0.397. The predicted molar refractivity (Wildman–Crippen MR) is 92.5 cm³/mol. The maximum Gasteiger partial charge on any atom is 0.250 e. The molecule has 2 atom stereocenters. The largest absolute Gasteiger partial charge is 0.497 e. The van der Waals surface area contributed by atoms with Gasteiger partial charge in [0.15, 0.2) is 6.04 Å². The van der Waals surface area contributed by atoms with Gasteiger partial charge in [-0.2, -0.15) is 0 Å². The van der Waals surface area contributed by atoms with E-state index in [-0.39, 0.29) is 11.9 Å². The molecule has 0 spiro atoms. The molecule has 8 heteroatoms. The summed E-state index contributed by atoms with van der Waals surface area (Å²) in [6.07, 6.45) is 4.90. The smallest absolute Gasteiger partial charge is 0.250 e.